The normalized spacial score (nSPS) is 36.3. The van der Waals surface area contributed by atoms with Gasteiger partial charge in [0.15, 0.2) is 9.84 Å². The van der Waals surface area contributed by atoms with Crippen molar-refractivity contribution in [3.05, 3.63) is 0 Å². The molecule has 0 amide bonds. The summed E-state index contributed by atoms with van der Waals surface area (Å²) >= 11 is 0. The van der Waals surface area contributed by atoms with Crippen LogP contribution >= 0.6 is 0 Å². The zero-order valence-corrected chi connectivity index (χ0v) is 9.15. The van der Waals surface area contributed by atoms with Gasteiger partial charge in [-0.1, -0.05) is 0 Å². The van der Waals surface area contributed by atoms with Crippen LogP contribution in [0.1, 0.15) is 19.3 Å². The van der Waals surface area contributed by atoms with Crippen LogP contribution in [0.3, 0.4) is 0 Å². The zero-order valence-electron chi connectivity index (χ0n) is 8.33. The highest BCUT2D eigenvalue weighted by Crippen LogP contribution is 2.19. The maximum absolute atomic E-state index is 11.5. The van der Waals surface area contributed by atoms with Gasteiger partial charge in [-0.3, -0.25) is 0 Å². The summed E-state index contributed by atoms with van der Waals surface area (Å²) in [6, 6.07) is 0.478. The SMILES string of the molecule is O=S1(=O)CCCC1CN[C@H]1CCNC1. The lowest BCUT2D eigenvalue weighted by molar-refractivity contribution is 0.523. The Labute approximate surface area is 85.4 Å². The van der Waals surface area contributed by atoms with E-state index in [0.29, 0.717) is 18.3 Å². The van der Waals surface area contributed by atoms with Crippen molar-refractivity contribution in [2.24, 2.45) is 0 Å². The Morgan fingerprint density at radius 2 is 2.21 bits per heavy atom. The van der Waals surface area contributed by atoms with Crippen LogP contribution in [0, 0.1) is 0 Å². The Morgan fingerprint density at radius 3 is 2.79 bits per heavy atom. The summed E-state index contributed by atoms with van der Waals surface area (Å²) in [5, 5.41) is 6.47. The van der Waals surface area contributed by atoms with Gasteiger partial charge in [-0.2, -0.15) is 0 Å². The van der Waals surface area contributed by atoms with Crippen molar-refractivity contribution in [3.8, 4) is 0 Å². The van der Waals surface area contributed by atoms with Crippen molar-refractivity contribution in [1.82, 2.24) is 10.6 Å². The lowest BCUT2D eigenvalue weighted by Crippen LogP contribution is -2.38. The van der Waals surface area contributed by atoms with E-state index in [0.717, 1.165) is 32.4 Å². The number of nitrogens with one attached hydrogen (secondary N) is 2. The number of hydrogen-bond donors (Lipinski definition) is 2. The highest BCUT2D eigenvalue weighted by molar-refractivity contribution is 7.92. The third kappa shape index (κ3) is 2.27. The molecular formula is C9H18N2O2S. The first-order chi connectivity index (χ1) is 6.68. The summed E-state index contributed by atoms with van der Waals surface area (Å²) in [5.41, 5.74) is 0. The fraction of sp³-hybridized carbons (Fsp3) is 1.00. The molecule has 2 saturated heterocycles. The third-order valence-corrected chi connectivity index (χ3v) is 5.43. The van der Waals surface area contributed by atoms with Crippen molar-refractivity contribution >= 4 is 9.84 Å². The van der Waals surface area contributed by atoms with Crippen LogP contribution in [0.15, 0.2) is 0 Å². The lowest BCUT2D eigenvalue weighted by atomic mass is 10.2. The molecule has 4 nitrogen and oxygen atoms in total. The van der Waals surface area contributed by atoms with Gasteiger partial charge in [0.05, 0.1) is 11.0 Å². The fourth-order valence-electron chi connectivity index (χ4n) is 2.21. The van der Waals surface area contributed by atoms with Gasteiger partial charge >= 0.3 is 0 Å². The topological polar surface area (TPSA) is 58.2 Å². The smallest absolute Gasteiger partial charge is 0.154 e. The molecule has 2 N–H and O–H groups in total. The average Bonchev–Trinajstić information content (AvgIpc) is 2.71. The van der Waals surface area contributed by atoms with E-state index in [-0.39, 0.29) is 5.25 Å². The van der Waals surface area contributed by atoms with Crippen molar-refractivity contribution in [2.75, 3.05) is 25.4 Å². The molecule has 14 heavy (non-hydrogen) atoms. The van der Waals surface area contributed by atoms with Gasteiger partial charge in [0, 0.05) is 19.1 Å². The second-order valence-electron chi connectivity index (χ2n) is 4.23. The Hall–Kier alpha value is -0.130. The molecular weight excluding hydrogens is 200 g/mol. The molecule has 2 fully saturated rings. The van der Waals surface area contributed by atoms with Gasteiger partial charge in [-0.05, 0) is 25.8 Å². The Balaban J connectivity index is 1.80. The summed E-state index contributed by atoms with van der Waals surface area (Å²) in [5.74, 6) is 0.391. The first-order valence-electron chi connectivity index (χ1n) is 5.34. The first-order valence-corrected chi connectivity index (χ1v) is 7.06. The van der Waals surface area contributed by atoms with Crippen LogP contribution in [0.4, 0.5) is 0 Å². The molecule has 0 spiro atoms. The minimum absolute atomic E-state index is 0.122. The Kier molecular flexibility index (Phi) is 3.09. The minimum Gasteiger partial charge on any atom is -0.315 e. The van der Waals surface area contributed by atoms with E-state index in [1.807, 2.05) is 0 Å². The van der Waals surface area contributed by atoms with Crippen molar-refractivity contribution < 1.29 is 8.42 Å². The van der Waals surface area contributed by atoms with Crippen LogP contribution in [-0.4, -0.2) is 45.1 Å². The maximum Gasteiger partial charge on any atom is 0.154 e. The van der Waals surface area contributed by atoms with Crippen LogP contribution in [0.5, 0.6) is 0 Å². The molecule has 0 bridgehead atoms. The van der Waals surface area contributed by atoms with Crippen LogP contribution in [-0.2, 0) is 9.84 Å². The van der Waals surface area contributed by atoms with Gasteiger partial charge in [0.2, 0.25) is 0 Å². The number of rotatable bonds is 3. The van der Waals surface area contributed by atoms with E-state index in [1.165, 1.54) is 0 Å². The molecule has 2 atom stereocenters. The summed E-state index contributed by atoms with van der Waals surface area (Å²) in [6.07, 6.45) is 2.81. The standard InChI is InChI=1S/C9H18N2O2S/c12-14(13)5-1-2-9(14)7-11-8-3-4-10-6-8/h8-11H,1-7H2/t8-,9?/m0/s1. The summed E-state index contributed by atoms with van der Waals surface area (Å²) in [6.45, 7) is 2.68. The molecule has 2 aliphatic heterocycles. The van der Waals surface area contributed by atoms with E-state index in [9.17, 15) is 8.42 Å². The third-order valence-electron chi connectivity index (χ3n) is 3.16. The summed E-state index contributed by atoms with van der Waals surface area (Å²) in [7, 11) is -2.76. The summed E-state index contributed by atoms with van der Waals surface area (Å²) < 4.78 is 23.0. The van der Waals surface area contributed by atoms with Crippen molar-refractivity contribution in [1.29, 1.82) is 0 Å². The molecule has 2 aliphatic rings. The molecule has 0 aliphatic carbocycles. The number of hydrogen-bond acceptors (Lipinski definition) is 4. The monoisotopic (exact) mass is 218 g/mol. The van der Waals surface area contributed by atoms with Crippen LogP contribution in [0.25, 0.3) is 0 Å². The first kappa shape index (κ1) is 10.4. The van der Waals surface area contributed by atoms with Gasteiger partial charge in [-0.25, -0.2) is 8.42 Å². The van der Waals surface area contributed by atoms with Crippen LogP contribution < -0.4 is 10.6 Å². The molecule has 1 unspecified atom stereocenters. The van der Waals surface area contributed by atoms with E-state index in [2.05, 4.69) is 10.6 Å². The second kappa shape index (κ2) is 4.16. The molecule has 0 aromatic rings. The molecule has 82 valence electrons. The molecule has 0 radical (unpaired) electrons. The predicted octanol–water partition coefficient (Wildman–Crippen LogP) is -0.485. The highest BCUT2D eigenvalue weighted by atomic mass is 32.2. The largest absolute Gasteiger partial charge is 0.315 e. The quantitative estimate of drug-likeness (QED) is 0.671. The van der Waals surface area contributed by atoms with Crippen LogP contribution in [0.2, 0.25) is 0 Å². The van der Waals surface area contributed by atoms with Gasteiger partial charge in [0.1, 0.15) is 0 Å². The Bertz CT molecular complexity index is 283. The molecule has 2 heterocycles. The maximum atomic E-state index is 11.5. The fourth-order valence-corrected chi connectivity index (χ4v) is 3.99. The molecule has 2 rings (SSSR count). The van der Waals surface area contributed by atoms with E-state index < -0.39 is 9.84 Å². The molecule has 0 aromatic heterocycles. The number of sulfone groups is 1. The summed E-state index contributed by atoms with van der Waals surface area (Å²) in [4.78, 5) is 0. The van der Waals surface area contributed by atoms with E-state index >= 15 is 0 Å². The molecule has 5 heteroatoms. The minimum atomic E-state index is -2.76. The van der Waals surface area contributed by atoms with Crippen molar-refractivity contribution in [2.45, 2.75) is 30.6 Å². The average molecular weight is 218 g/mol. The second-order valence-corrected chi connectivity index (χ2v) is 6.63. The Morgan fingerprint density at radius 1 is 1.36 bits per heavy atom. The van der Waals surface area contributed by atoms with Gasteiger partial charge in [-0.15, -0.1) is 0 Å². The zero-order chi connectivity index (χ0) is 10.0. The highest BCUT2D eigenvalue weighted by Gasteiger charge is 2.31. The molecule has 0 aromatic carbocycles. The van der Waals surface area contributed by atoms with Gasteiger partial charge < -0.3 is 10.6 Å². The predicted molar refractivity (Wildman–Crippen MR) is 56.1 cm³/mol. The molecule has 0 saturated carbocycles. The van der Waals surface area contributed by atoms with E-state index in [4.69, 9.17) is 0 Å². The van der Waals surface area contributed by atoms with E-state index in [1.54, 1.807) is 0 Å². The van der Waals surface area contributed by atoms with Gasteiger partial charge in [0.25, 0.3) is 0 Å². The lowest BCUT2D eigenvalue weighted by Gasteiger charge is -2.14. The van der Waals surface area contributed by atoms with Crippen molar-refractivity contribution in [3.63, 3.8) is 0 Å².